The molecule has 9 atom stereocenters. The largest absolute Gasteiger partial charge is 0.483 e. The van der Waals surface area contributed by atoms with Crippen molar-refractivity contribution < 1.29 is 52.0 Å². The minimum atomic E-state index is -5.28. The van der Waals surface area contributed by atoms with Crippen LogP contribution in [0.5, 0.6) is 0 Å². The fourth-order valence-electron chi connectivity index (χ4n) is 3.94. The highest BCUT2D eigenvalue weighted by molar-refractivity contribution is 7.61. The van der Waals surface area contributed by atoms with Crippen molar-refractivity contribution in [1.29, 1.82) is 0 Å². The normalized spacial score (nSPS) is 34.4. The monoisotopic (exact) mass is 559 g/mol. The number of rotatable bonds is 9. The number of aliphatic hydroxyl groups excluding tert-OH is 2. The molecular weight excluding hydrogens is 528 g/mol. The average Bonchev–Trinajstić information content (AvgIpc) is 3.10. The van der Waals surface area contributed by atoms with Crippen molar-refractivity contribution in [1.82, 2.24) is 14.5 Å². The van der Waals surface area contributed by atoms with E-state index in [-0.39, 0.29) is 12.0 Å². The van der Waals surface area contributed by atoms with Crippen LogP contribution in [0.15, 0.2) is 15.8 Å². The van der Waals surface area contributed by atoms with E-state index in [4.69, 9.17) is 18.5 Å². The summed E-state index contributed by atoms with van der Waals surface area (Å²) in [7, 11) is -7.14. The summed E-state index contributed by atoms with van der Waals surface area (Å²) in [6, 6.07) is -0.483. The first kappa shape index (κ1) is 29.3. The van der Waals surface area contributed by atoms with Gasteiger partial charge in [-0.15, -0.1) is 0 Å². The SMILES string of the molecule is Cc1cn([C@H]2C[C@H](O)[C@@H](COP(=O)(O)OP(=O)(O)OC3O[C@H](C)C[C@H](N(C)C)[C@H]3O)O2)c(=O)[nH]c1=O. The molecule has 2 saturated heterocycles. The van der Waals surface area contributed by atoms with E-state index in [1.165, 1.54) is 13.1 Å². The molecule has 0 aliphatic carbocycles. The lowest BCUT2D eigenvalue weighted by Crippen LogP contribution is -2.53. The first-order valence-corrected chi connectivity index (χ1v) is 13.9. The predicted molar refractivity (Wildman–Crippen MR) is 121 cm³/mol. The van der Waals surface area contributed by atoms with Crippen molar-refractivity contribution in [3.63, 3.8) is 0 Å². The van der Waals surface area contributed by atoms with Gasteiger partial charge in [0.2, 0.25) is 0 Å². The zero-order valence-corrected chi connectivity index (χ0v) is 21.8. The van der Waals surface area contributed by atoms with Gasteiger partial charge in [0, 0.05) is 24.2 Å². The van der Waals surface area contributed by atoms with E-state index in [0.717, 1.165) is 4.57 Å². The third-order valence-corrected chi connectivity index (χ3v) is 8.38. The molecule has 2 aliphatic rings. The predicted octanol–water partition coefficient (Wildman–Crippen LogP) is -0.830. The highest BCUT2D eigenvalue weighted by Gasteiger charge is 2.45. The standard InChI is InChI=1S/C18H31N3O13P2/c1-9-7-21(18(25)19-16(9)24)14-6-12(22)13(32-14)8-30-35(26,27)34-36(28,29)33-17-15(23)11(20(3)4)5-10(2)31-17/h7,10-15,17,22-23H,5-6,8H2,1-4H3,(H,26,27)(H,28,29)(H,19,24,25)/t10-,11+,12+,13-,14-,15-,17?/m1/s1. The molecule has 0 saturated carbocycles. The van der Waals surface area contributed by atoms with Gasteiger partial charge in [0.25, 0.3) is 5.56 Å². The molecule has 3 unspecified atom stereocenters. The molecule has 36 heavy (non-hydrogen) atoms. The number of hydrogen-bond donors (Lipinski definition) is 5. The number of hydrogen-bond acceptors (Lipinski definition) is 12. The second-order valence-electron chi connectivity index (χ2n) is 8.90. The smallest absolute Gasteiger partial charge is 0.390 e. The van der Waals surface area contributed by atoms with Crippen LogP contribution in [-0.4, -0.2) is 91.9 Å². The number of aromatic amines is 1. The Kier molecular flexibility index (Phi) is 9.14. The van der Waals surface area contributed by atoms with Gasteiger partial charge in [-0.1, -0.05) is 0 Å². The summed E-state index contributed by atoms with van der Waals surface area (Å²) < 4.78 is 50.4. The molecule has 0 aromatic carbocycles. The van der Waals surface area contributed by atoms with Gasteiger partial charge in [0.15, 0.2) is 6.29 Å². The number of likely N-dealkylation sites (N-methyl/N-ethyl adjacent to an activating group) is 1. The molecule has 5 N–H and O–H groups in total. The Balaban J connectivity index is 1.59. The average molecular weight is 559 g/mol. The summed E-state index contributed by atoms with van der Waals surface area (Å²) >= 11 is 0. The highest BCUT2D eigenvalue weighted by Crippen LogP contribution is 2.61. The van der Waals surface area contributed by atoms with Crippen molar-refractivity contribution in [3.8, 4) is 0 Å². The van der Waals surface area contributed by atoms with E-state index in [9.17, 15) is 38.7 Å². The van der Waals surface area contributed by atoms with E-state index in [0.29, 0.717) is 6.42 Å². The number of ether oxygens (including phenoxy) is 2. The van der Waals surface area contributed by atoms with Crippen LogP contribution in [0.3, 0.4) is 0 Å². The summed E-state index contributed by atoms with van der Waals surface area (Å²) in [6.45, 7) is 2.36. The van der Waals surface area contributed by atoms with E-state index < -0.39 is 76.5 Å². The molecule has 1 aromatic rings. The summed E-state index contributed by atoms with van der Waals surface area (Å²) in [5.41, 5.74) is -1.14. The van der Waals surface area contributed by atoms with Crippen LogP contribution in [0.25, 0.3) is 0 Å². The second-order valence-corrected chi connectivity index (χ2v) is 11.9. The van der Waals surface area contributed by atoms with Gasteiger partial charge in [-0.2, -0.15) is 4.31 Å². The summed E-state index contributed by atoms with van der Waals surface area (Å²) in [5.74, 6) is 0. The molecule has 16 nitrogen and oxygen atoms in total. The van der Waals surface area contributed by atoms with Gasteiger partial charge in [-0.05, 0) is 34.4 Å². The third-order valence-electron chi connectivity index (χ3n) is 5.78. The lowest BCUT2D eigenvalue weighted by atomic mass is 9.99. The van der Waals surface area contributed by atoms with Gasteiger partial charge >= 0.3 is 21.3 Å². The minimum absolute atomic E-state index is 0.111. The van der Waals surface area contributed by atoms with Crippen molar-refractivity contribution >= 4 is 15.6 Å². The lowest BCUT2D eigenvalue weighted by molar-refractivity contribution is -0.222. The Morgan fingerprint density at radius 3 is 2.47 bits per heavy atom. The Labute approximate surface area is 205 Å². The molecule has 2 aliphatic heterocycles. The molecule has 3 heterocycles. The molecule has 0 amide bonds. The van der Waals surface area contributed by atoms with Gasteiger partial charge in [0.1, 0.15) is 18.4 Å². The Morgan fingerprint density at radius 1 is 1.17 bits per heavy atom. The van der Waals surface area contributed by atoms with E-state index in [2.05, 4.69) is 9.29 Å². The number of aliphatic hydroxyl groups is 2. The van der Waals surface area contributed by atoms with Crippen LogP contribution in [0.4, 0.5) is 0 Å². The quantitative estimate of drug-likeness (QED) is 0.233. The number of H-pyrrole nitrogens is 1. The Hall–Kier alpha value is -1.26. The number of nitrogens with zero attached hydrogens (tertiary/aromatic N) is 2. The third kappa shape index (κ3) is 7.19. The number of nitrogens with one attached hydrogen (secondary N) is 1. The van der Waals surface area contributed by atoms with E-state index >= 15 is 0 Å². The fourth-order valence-corrected chi connectivity index (χ4v) is 6.10. The van der Waals surface area contributed by atoms with Crippen molar-refractivity contribution in [2.24, 2.45) is 0 Å². The number of phosphoric acid groups is 2. The topological polar surface area (TPSA) is 219 Å². The fraction of sp³-hybridized carbons (Fsp3) is 0.778. The minimum Gasteiger partial charge on any atom is -0.390 e. The number of phosphoric ester groups is 2. The van der Waals surface area contributed by atoms with Crippen molar-refractivity contribution in [3.05, 3.63) is 32.6 Å². The van der Waals surface area contributed by atoms with Gasteiger partial charge < -0.3 is 34.4 Å². The molecule has 206 valence electrons. The lowest BCUT2D eigenvalue weighted by Gasteiger charge is -2.40. The van der Waals surface area contributed by atoms with Crippen molar-refractivity contribution in [2.75, 3.05) is 20.7 Å². The van der Waals surface area contributed by atoms with Gasteiger partial charge in [-0.3, -0.25) is 23.4 Å². The highest BCUT2D eigenvalue weighted by atomic mass is 31.3. The van der Waals surface area contributed by atoms with E-state index in [1.807, 2.05) is 0 Å². The molecule has 0 spiro atoms. The van der Waals surface area contributed by atoms with Crippen LogP contribution < -0.4 is 11.2 Å². The summed E-state index contributed by atoms with van der Waals surface area (Å²) in [4.78, 5) is 47.3. The molecule has 2 fully saturated rings. The molecule has 0 radical (unpaired) electrons. The zero-order chi connectivity index (χ0) is 27.0. The van der Waals surface area contributed by atoms with Crippen LogP contribution in [0.2, 0.25) is 0 Å². The first-order valence-electron chi connectivity index (χ1n) is 10.9. The maximum atomic E-state index is 12.4. The van der Waals surface area contributed by atoms with Crippen molar-refractivity contribution in [2.45, 2.75) is 69.7 Å². The maximum absolute atomic E-state index is 12.4. The molecular formula is C18H31N3O13P2. The van der Waals surface area contributed by atoms with Crippen LogP contribution >= 0.6 is 15.6 Å². The van der Waals surface area contributed by atoms with Gasteiger partial charge in [-0.25, -0.2) is 13.9 Å². The van der Waals surface area contributed by atoms with Crippen LogP contribution in [0.1, 0.15) is 31.6 Å². The first-order chi connectivity index (χ1) is 16.6. The molecule has 18 heteroatoms. The van der Waals surface area contributed by atoms with Crippen LogP contribution in [0, 0.1) is 6.92 Å². The maximum Gasteiger partial charge on any atom is 0.483 e. The number of aryl methyl sites for hydroxylation is 1. The molecule has 0 bridgehead atoms. The Bertz CT molecular complexity index is 1140. The van der Waals surface area contributed by atoms with E-state index in [1.54, 1.807) is 25.9 Å². The summed E-state index contributed by atoms with van der Waals surface area (Å²) in [6.07, 6.45) is -5.40. The second kappa shape index (κ2) is 11.2. The van der Waals surface area contributed by atoms with Gasteiger partial charge in [0.05, 0.1) is 18.8 Å². The molecule has 1 aromatic heterocycles. The van der Waals surface area contributed by atoms with Crippen LogP contribution in [-0.2, 0) is 32.0 Å². The number of aromatic nitrogens is 2. The zero-order valence-electron chi connectivity index (χ0n) is 20.0. The Morgan fingerprint density at radius 2 is 1.83 bits per heavy atom. The summed E-state index contributed by atoms with van der Waals surface area (Å²) in [5, 5.41) is 20.6. The molecule has 3 rings (SSSR count).